The zero-order chi connectivity index (χ0) is 10.2. The third-order valence-corrected chi connectivity index (χ3v) is 2.95. The minimum Gasteiger partial charge on any atom is -0.258 e. The molecule has 0 bridgehead atoms. The van der Waals surface area contributed by atoms with E-state index in [-0.39, 0.29) is 20.8 Å². The van der Waals surface area contributed by atoms with Crippen LogP contribution in [-0.2, 0) is 0 Å². The molecule has 0 saturated carbocycles. The molecule has 0 radical (unpaired) electrons. The van der Waals surface area contributed by atoms with Gasteiger partial charge in [-0.2, -0.15) is 0 Å². The van der Waals surface area contributed by atoms with Crippen LogP contribution < -0.4 is 0 Å². The van der Waals surface area contributed by atoms with Crippen molar-refractivity contribution in [3.8, 4) is 0 Å². The SMILES string of the molecule is Cc1cc([N+](=O)[O-])c(Cl)c(Cl)c1Cl. The summed E-state index contributed by atoms with van der Waals surface area (Å²) in [5.74, 6) is 0. The minimum atomic E-state index is -0.600. The molecule has 0 fully saturated rings. The Morgan fingerprint density at radius 2 is 1.77 bits per heavy atom. The molecule has 0 heterocycles. The highest BCUT2D eigenvalue weighted by atomic mass is 35.5. The van der Waals surface area contributed by atoms with Crippen molar-refractivity contribution < 1.29 is 4.92 Å². The zero-order valence-corrected chi connectivity index (χ0v) is 8.74. The summed E-state index contributed by atoms with van der Waals surface area (Å²) in [5, 5.41) is 10.6. The highest BCUT2D eigenvalue weighted by Crippen LogP contribution is 2.38. The van der Waals surface area contributed by atoms with Crippen LogP contribution in [0.5, 0.6) is 0 Å². The van der Waals surface area contributed by atoms with Crippen molar-refractivity contribution in [3.05, 3.63) is 36.8 Å². The summed E-state index contributed by atoms with van der Waals surface area (Å²) in [6.07, 6.45) is 0. The highest BCUT2D eigenvalue weighted by molar-refractivity contribution is 6.49. The molecule has 0 atom stereocenters. The number of hydrogen-bond donors (Lipinski definition) is 0. The van der Waals surface area contributed by atoms with Crippen molar-refractivity contribution >= 4 is 40.5 Å². The summed E-state index contributed by atoms with van der Waals surface area (Å²) >= 11 is 17.0. The van der Waals surface area contributed by atoms with Gasteiger partial charge < -0.3 is 0 Å². The van der Waals surface area contributed by atoms with Crippen LogP contribution in [-0.4, -0.2) is 4.92 Å². The number of rotatable bonds is 1. The van der Waals surface area contributed by atoms with E-state index in [2.05, 4.69) is 0 Å². The molecule has 1 aromatic carbocycles. The van der Waals surface area contributed by atoms with Gasteiger partial charge in [-0.05, 0) is 12.5 Å². The number of aryl methyl sites for hydroxylation is 1. The van der Waals surface area contributed by atoms with Crippen molar-refractivity contribution in [1.29, 1.82) is 0 Å². The van der Waals surface area contributed by atoms with Gasteiger partial charge in [-0.25, -0.2) is 0 Å². The van der Waals surface area contributed by atoms with Gasteiger partial charge in [-0.15, -0.1) is 0 Å². The van der Waals surface area contributed by atoms with Gasteiger partial charge in [0.15, 0.2) is 0 Å². The smallest absolute Gasteiger partial charge is 0.258 e. The van der Waals surface area contributed by atoms with Crippen LogP contribution in [0.4, 0.5) is 5.69 Å². The first-order valence-electron chi connectivity index (χ1n) is 3.23. The second-order valence-electron chi connectivity index (χ2n) is 2.41. The monoisotopic (exact) mass is 239 g/mol. The van der Waals surface area contributed by atoms with E-state index in [9.17, 15) is 10.1 Å². The lowest BCUT2D eigenvalue weighted by atomic mass is 10.2. The van der Waals surface area contributed by atoms with Gasteiger partial charge in [0.05, 0.1) is 15.0 Å². The molecule has 70 valence electrons. The lowest BCUT2D eigenvalue weighted by molar-refractivity contribution is -0.384. The predicted molar refractivity (Wildman–Crippen MR) is 52.9 cm³/mol. The van der Waals surface area contributed by atoms with Crippen molar-refractivity contribution in [2.45, 2.75) is 6.92 Å². The van der Waals surface area contributed by atoms with Gasteiger partial charge in [-0.3, -0.25) is 10.1 Å². The topological polar surface area (TPSA) is 43.1 Å². The quantitative estimate of drug-likeness (QED) is 0.425. The fraction of sp³-hybridized carbons (Fsp3) is 0.143. The third-order valence-electron chi connectivity index (χ3n) is 1.51. The Hall–Kier alpha value is -0.510. The average molecular weight is 240 g/mol. The maximum absolute atomic E-state index is 10.5. The molecule has 0 spiro atoms. The Morgan fingerprint density at radius 1 is 1.23 bits per heavy atom. The van der Waals surface area contributed by atoms with Gasteiger partial charge in [0.1, 0.15) is 5.02 Å². The molecular weight excluding hydrogens is 236 g/mol. The Balaban J connectivity index is 3.50. The molecule has 0 aliphatic carbocycles. The summed E-state index contributed by atoms with van der Waals surface area (Å²) in [6, 6.07) is 1.29. The first-order valence-corrected chi connectivity index (χ1v) is 4.37. The van der Waals surface area contributed by atoms with Crippen molar-refractivity contribution in [1.82, 2.24) is 0 Å². The number of halogens is 3. The molecule has 6 heteroatoms. The molecule has 0 unspecified atom stereocenters. The van der Waals surface area contributed by atoms with Crippen LogP contribution >= 0.6 is 34.8 Å². The van der Waals surface area contributed by atoms with Crippen LogP contribution in [0.15, 0.2) is 6.07 Å². The van der Waals surface area contributed by atoms with Crippen molar-refractivity contribution in [2.75, 3.05) is 0 Å². The molecule has 0 N–H and O–H groups in total. The van der Waals surface area contributed by atoms with Crippen molar-refractivity contribution in [2.24, 2.45) is 0 Å². The van der Waals surface area contributed by atoms with Gasteiger partial charge in [0.25, 0.3) is 5.69 Å². The summed E-state index contributed by atoms with van der Waals surface area (Å²) in [5.41, 5.74) is 0.302. The maximum atomic E-state index is 10.5. The molecule has 0 aromatic heterocycles. The molecule has 13 heavy (non-hydrogen) atoms. The standard InChI is InChI=1S/C7H4Cl3NO2/c1-3-2-4(11(12)13)6(9)7(10)5(3)8/h2H,1H3. The molecule has 1 rings (SSSR count). The van der Waals surface area contributed by atoms with E-state index < -0.39 is 4.92 Å². The number of hydrogen-bond acceptors (Lipinski definition) is 2. The summed E-state index contributed by atoms with van der Waals surface area (Å²) in [6.45, 7) is 1.62. The van der Waals surface area contributed by atoms with Crippen LogP contribution in [0, 0.1) is 17.0 Å². The summed E-state index contributed by atoms with van der Waals surface area (Å²) in [4.78, 5) is 9.86. The Bertz CT molecular complexity index is 378. The summed E-state index contributed by atoms with van der Waals surface area (Å²) in [7, 11) is 0. The van der Waals surface area contributed by atoms with E-state index in [0.717, 1.165) is 0 Å². The maximum Gasteiger partial charge on any atom is 0.289 e. The number of benzene rings is 1. The normalized spacial score (nSPS) is 10.2. The molecule has 0 saturated heterocycles. The predicted octanol–water partition coefficient (Wildman–Crippen LogP) is 3.86. The Morgan fingerprint density at radius 3 is 2.23 bits per heavy atom. The largest absolute Gasteiger partial charge is 0.289 e. The Labute approximate surface area is 89.4 Å². The summed E-state index contributed by atoms with van der Waals surface area (Å²) < 4.78 is 0. The van der Waals surface area contributed by atoms with Crippen LogP contribution in [0.1, 0.15) is 5.56 Å². The first kappa shape index (κ1) is 10.6. The van der Waals surface area contributed by atoms with Crippen LogP contribution in [0.2, 0.25) is 15.1 Å². The fourth-order valence-corrected chi connectivity index (χ4v) is 1.51. The van der Waals surface area contributed by atoms with Gasteiger partial charge >= 0.3 is 0 Å². The molecular formula is C7H4Cl3NO2. The fourth-order valence-electron chi connectivity index (χ4n) is 0.847. The van der Waals surface area contributed by atoms with E-state index in [1.807, 2.05) is 0 Å². The van der Waals surface area contributed by atoms with E-state index in [4.69, 9.17) is 34.8 Å². The van der Waals surface area contributed by atoms with Gasteiger partial charge in [0, 0.05) is 6.07 Å². The average Bonchev–Trinajstić information content (AvgIpc) is 2.07. The van der Waals surface area contributed by atoms with Crippen molar-refractivity contribution in [3.63, 3.8) is 0 Å². The molecule has 0 aliphatic heterocycles. The molecule has 0 amide bonds. The van der Waals surface area contributed by atoms with Gasteiger partial charge in [0.2, 0.25) is 0 Å². The third kappa shape index (κ3) is 1.88. The van der Waals surface area contributed by atoms with E-state index >= 15 is 0 Å². The lowest BCUT2D eigenvalue weighted by Crippen LogP contribution is -1.91. The number of nitro benzene ring substituents is 1. The van der Waals surface area contributed by atoms with Crippen LogP contribution in [0.3, 0.4) is 0 Å². The zero-order valence-electron chi connectivity index (χ0n) is 6.47. The second kappa shape index (κ2) is 3.70. The van der Waals surface area contributed by atoms with Gasteiger partial charge in [-0.1, -0.05) is 34.8 Å². The van der Waals surface area contributed by atoms with E-state index in [1.54, 1.807) is 6.92 Å². The highest BCUT2D eigenvalue weighted by Gasteiger charge is 2.19. The van der Waals surface area contributed by atoms with E-state index in [0.29, 0.717) is 5.56 Å². The lowest BCUT2D eigenvalue weighted by Gasteiger charge is -2.03. The number of nitrogens with zero attached hydrogens (tertiary/aromatic N) is 1. The van der Waals surface area contributed by atoms with E-state index in [1.165, 1.54) is 6.07 Å². The molecule has 0 aliphatic rings. The molecule has 1 aromatic rings. The second-order valence-corrected chi connectivity index (χ2v) is 3.55. The van der Waals surface area contributed by atoms with Crippen LogP contribution in [0.25, 0.3) is 0 Å². The minimum absolute atomic E-state index is 0.0232. The first-order chi connectivity index (χ1) is 5.95. The number of nitro groups is 1. The molecule has 3 nitrogen and oxygen atoms in total. The Kier molecular flexibility index (Phi) is 3.01.